The standard InChI is InChI=1S/C19H20ClN3O3S/c1-4-23(5-2)27(25,26)18-12-15(9-10-17(18)20)19(24)22(3)16-8-6-7-14(11-16)13-21/h6-12H,4-5H2,1-3H3. The minimum absolute atomic E-state index is 0.0626. The molecule has 27 heavy (non-hydrogen) atoms. The average molecular weight is 406 g/mol. The summed E-state index contributed by atoms with van der Waals surface area (Å²) in [6.07, 6.45) is 0. The van der Waals surface area contributed by atoms with Crippen molar-refractivity contribution in [2.75, 3.05) is 25.0 Å². The first kappa shape index (κ1) is 20.9. The molecule has 0 aromatic heterocycles. The highest BCUT2D eigenvalue weighted by atomic mass is 35.5. The fourth-order valence-electron chi connectivity index (χ4n) is 2.63. The van der Waals surface area contributed by atoms with E-state index in [2.05, 4.69) is 0 Å². The van der Waals surface area contributed by atoms with Crippen LogP contribution in [0.3, 0.4) is 0 Å². The van der Waals surface area contributed by atoms with Crippen molar-refractivity contribution in [3.63, 3.8) is 0 Å². The Morgan fingerprint density at radius 3 is 2.41 bits per heavy atom. The van der Waals surface area contributed by atoms with E-state index >= 15 is 0 Å². The van der Waals surface area contributed by atoms with Gasteiger partial charge in [-0.1, -0.05) is 31.5 Å². The van der Waals surface area contributed by atoms with Crippen molar-refractivity contribution in [2.24, 2.45) is 0 Å². The van der Waals surface area contributed by atoms with E-state index in [1.165, 1.54) is 27.4 Å². The van der Waals surface area contributed by atoms with Crippen LogP contribution >= 0.6 is 11.6 Å². The summed E-state index contributed by atoms with van der Waals surface area (Å²) in [7, 11) is -2.24. The summed E-state index contributed by atoms with van der Waals surface area (Å²) in [6, 6.07) is 12.8. The van der Waals surface area contributed by atoms with Crippen LogP contribution in [0, 0.1) is 11.3 Å². The molecule has 0 radical (unpaired) electrons. The number of hydrogen-bond donors (Lipinski definition) is 0. The number of rotatable bonds is 6. The summed E-state index contributed by atoms with van der Waals surface area (Å²) in [6.45, 7) is 4.07. The Hall–Kier alpha value is -2.40. The molecule has 0 unspecified atom stereocenters. The largest absolute Gasteiger partial charge is 0.311 e. The van der Waals surface area contributed by atoms with Gasteiger partial charge in [0.2, 0.25) is 10.0 Å². The second-order valence-electron chi connectivity index (χ2n) is 5.76. The first-order valence-electron chi connectivity index (χ1n) is 8.34. The molecule has 0 bridgehead atoms. The maximum atomic E-state index is 12.8. The fourth-order valence-corrected chi connectivity index (χ4v) is 4.59. The lowest BCUT2D eigenvalue weighted by molar-refractivity contribution is 0.0993. The van der Waals surface area contributed by atoms with Crippen LogP contribution in [-0.4, -0.2) is 38.8 Å². The predicted molar refractivity (Wildman–Crippen MR) is 105 cm³/mol. The van der Waals surface area contributed by atoms with E-state index < -0.39 is 15.9 Å². The molecule has 0 heterocycles. The predicted octanol–water partition coefficient (Wildman–Crippen LogP) is 3.52. The number of amides is 1. The van der Waals surface area contributed by atoms with Gasteiger partial charge in [-0.2, -0.15) is 9.57 Å². The topological polar surface area (TPSA) is 81.5 Å². The fraction of sp³-hybridized carbons (Fsp3) is 0.263. The monoisotopic (exact) mass is 405 g/mol. The van der Waals surface area contributed by atoms with Gasteiger partial charge in [0.25, 0.3) is 5.91 Å². The van der Waals surface area contributed by atoms with Gasteiger partial charge in [0.15, 0.2) is 0 Å². The van der Waals surface area contributed by atoms with E-state index in [0.29, 0.717) is 24.3 Å². The third-order valence-corrected chi connectivity index (χ3v) is 6.70. The normalized spacial score (nSPS) is 11.3. The van der Waals surface area contributed by atoms with Crippen molar-refractivity contribution in [1.82, 2.24) is 4.31 Å². The number of nitriles is 1. The van der Waals surface area contributed by atoms with Gasteiger partial charge in [-0.25, -0.2) is 8.42 Å². The molecule has 142 valence electrons. The molecular weight excluding hydrogens is 386 g/mol. The third kappa shape index (κ3) is 4.30. The molecule has 6 nitrogen and oxygen atoms in total. The zero-order valence-corrected chi connectivity index (χ0v) is 16.9. The van der Waals surface area contributed by atoms with Gasteiger partial charge < -0.3 is 4.90 Å². The molecule has 0 aliphatic carbocycles. The number of carbonyl (C=O) groups excluding carboxylic acids is 1. The van der Waals surface area contributed by atoms with E-state index in [1.54, 1.807) is 45.2 Å². The highest BCUT2D eigenvalue weighted by molar-refractivity contribution is 7.89. The number of carbonyl (C=O) groups is 1. The molecule has 8 heteroatoms. The number of halogens is 1. The number of benzene rings is 2. The summed E-state index contributed by atoms with van der Waals surface area (Å²) < 4.78 is 26.9. The molecular formula is C19H20ClN3O3S. The lowest BCUT2D eigenvalue weighted by Crippen LogP contribution is -2.31. The Kier molecular flexibility index (Phi) is 6.60. The second kappa shape index (κ2) is 8.53. The number of nitrogens with zero attached hydrogens (tertiary/aromatic N) is 3. The Balaban J connectivity index is 2.45. The lowest BCUT2D eigenvalue weighted by Gasteiger charge is -2.21. The molecule has 0 N–H and O–H groups in total. The van der Waals surface area contributed by atoms with Crippen LogP contribution in [-0.2, 0) is 10.0 Å². The average Bonchev–Trinajstić information content (AvgIpc) is 2.67. The maximum absolute atomic E-state index is 12.8. The Morgan fingerprint density at radius 1 is 1.15 bits per heavy atom. The summed E-state index contributed by atoms with van der Waals surface area (Å²) >= 11 is 6.11. The molecule has 0 saturated heterocycles. The lowest BCUT2D eigenvalue weighted by atomic mass is 10.1. The Bertz CT molecular complexity index is 995. The number of anilines is 1. The van der Waals surface area contributed by atoms with Crippen molar-refractivity contribution >= 4 is 33.2 Å². The first-order valence-corrected chi connectivity index (χ1v) is 10.2. The minimum atomic E-state index is -3.80. The van der Waals surface area contributed by atoms with Crippen molar-refractivity contribution in [3.05, 3.63) is 58.6 Å². The summed E-state index contributed by atoms with van der Waals surface area (Å²) in [4.78, 5) is 14.1. The van der Waals surface area contributed by atoms with Gasteiger partial charge in [0, 0.05) is 31.4 Å². The number of sulfonamides is 1. The van der Waals surface area contributed by atoms with Crippen LogP contribution in [0.5, 0.6) is 0 Å². The molecule has 2 aromatic carbocycles. The van der Waals surface area contributed by atoms with E-state index in [9.17, 15) is 13.2 Å². The smallest absolute Gasteiger partial charge is 0.258 e. The van der Waals surface area contributed by atoms with Crippen LogP contribution in [0.2, 0.25) is 5.02 Å². The van der Waals surface area contributed by atoms with Crippen molar-refractivity contribution in [1.29, 1.82) is 5.26 Å². The molecule has 0 atom stereocenters. The Labute approximate surface area is 164 Å². The molecule has 2 aromatic rings. The van der Waals surface area contributed by atoms with Crippen molar-refractivity contribution in [3.8, 4) is 6.07 Å². The number of hydrogen-bond acceptors (Lipinski definition) is 4. The van der Waals surface area contributed by atoms with Crippen LogP contribution in [0.1, 0.15) is 29.8 Å². The zero-order chi connectivity index (χ0) is 20.2. The van der Waals surface area contributed by atoms with Gasteiger partial charge >= 0.3 is 0 Å². The quantitative estimate of drug-likeness (QED) is 0.736. The van der Waals surface area contributed by atoms with E-state index in [1.807, 2.05) is 6.07 Å². The minimum Gasteiger partial charge on any atom is -0.311 e. The Morgan fingerprint density at radius 2 is 1.81 bits per heavy atom. The highest BCUT2D eigenvalue weighted by Crippen LogP contribution is 2.27. The second-order valence-corrected chi connectivity index (χ2v) is 8.07. The summed E-state index contributed by atoms with van der Waals surface area (Å²) in [5.41, 5.74) is 1.14. The van der Waals surface area contributed by atoms with Gasteiger partial charge in [0.05, 0.1) is 16.7 Å². The molecule has 0 spiro atoms. The molecule has 1 amide bonds. The van der Waals surface area contributed by atoms with Gasteiger partial charge in [-0.15, -0.1) is 0 Å². The first-order chi connectivity index (χ1) is 12.8. The van der Waals surface area contributed by atoms with E-state index in [0.717, 1.165) is 0 Å². The van der Waals surface area contributed by atoms with Crippen LogP contribution in [0.25, 0.3) is 0 Å². The van der Waals surface area contributed by atoms with Crippen molar-refractivity contribution in [2.45, 2.75) is 18.7 Å². The van der Waals surface area contributed by atoms with Crippen LogP contribution < -0.4 is 4.90 Å². The zero-order valence-electron chi connectivity index (χ0n) is 15.3. The van der Waals surface area contributed by atoms with Crippen LogP contribution in [0.15, 0.2) is 47.4 Å². The summed E-state index contributed by atoms with van der Waals surface area (Å²) in [5, 5.41) is 9.08. The van der Waals surface area contributed by atoms with Gasteiger partial charge in [0.1, 0.15) is 4.90 Å². The molecule has 0 saturated carbocycles. The SMILES string of the molecule is CCN(CC)S(=O)(=O)c1cc(C(=O)N(C)c2cccc(C#N)c2)ccc1Cl. The van der Waals surface area contributed by atoms with E-state index in [-0.39, 0.29) is 15.5 Å². The van der Waals surface area contributed by atoms with Gasteiger partial charge in [-0.05, 0) is 36.4 Å². The molecule has 0 aliphatic rings. The van der Waals surface area contributed by atoms with Crippen LogP contribution in [0.4, 0.5) is 5.69 Å². The summed E-state index contributed by atoms with van der Waals surface area (Å²) in [5.74, 6) is -0.405. The highest BCUT2D eigenvalue weighted by Gasteiger charge is 2.26. The maximum Gasteiger partial charge on any atom is 0.258 e. The molecule has 0 aliphatic heterocycles. The molecule has 0 fully saturated rings. The van der Waals surface area contributed by atoms with Crippen molar-refractivity contribution < 1.29 is 13.2 Å². The third-order valence-electron chi connectivity index (χ3n) is 4.17. The van der Waals surface area contributed by atoms with Gasteiger partial charge in [-0.3, -0.25) is 4.79 Å². The molecule has 2 rings (SSSR count). The van der Waals surface area contributed by atoms with E-state index in [4.69, 9.17) is 16.9 Å².